The lowest BCUT2D eigenvalue weighted by atomic mass is 9.65. The van der Waals surface area contributed by atoms with Gasteiger partial charge in [0.05, 0.1) is 12.7 Å². The maximum Gasteiger partial charge on any atom is 0.285 e. The first-order chi connectivity index (χ1) is 17.9. The molecule has 4 aliphatic heterocycles. The number of aryl methyl sites for hydroxylation is 1. The molecule has 6 fully saturated rings. The minimum Gasteiger partial charge on any atom is -0.373 e. The van der Waals surface area contributed by atoms with Crippen LogP contribution in [0.2, 0.25) is 0 Å². The Hall–Kier alpha value is -1.97. The highest BCUT2D eigenvalue weighted by atomic mass is 32.1. The maximum absolute atomic E-state index is 12.6. The van der Waals surface area contributed by atoms with Crippen LogP contribution >= 0.6 is 11.5 Å². The molecular formula is C28H42N6O2S. The van der Waals surface area contributed by atoms with Crippen LogP contribution < -0.4 is 5.43 Å². The van der Waals surface area contributed by atoms with E-state index in [2.05, 4.69) is 43.0 Å². The van der Waals surface area contributed by atoms with E-state index in [9.17, 15) is 9.59 Å². The van der Waals surface area contributed by atoms with Gasteiger partial charge in [-0.25, -0.2) is 5.01 Å². The molecule has 0 radical (unpaired) electrons. The van der Waals surface area contributed by atoms with Gasteiger partial charge in [-0.2, -0.15) is 4.37 Å². The second kappa shape index (κ2) is 9.97. The number of carbonyl (C=O) groups is 2. The fourth-order valence-corrected chi connectivity index (χ4v) is 8.05. The first-order valence-corrected chi connectivity index (χ1v) is 15.2. The van der Waals surface area contributed by atoms with Crippen molar-refractivity contribution >= 4 is 23.3 Å². The summed E-state index contributed by atoms with van der Waals surface area (Å²) in [5.41, 5.74) is 6.23. The molecule has 0 aromatic carbocycles. The average molecular weight is 527 g/mol. The lowest BCUT2D eigenvalue weighted by Gasteiger charge is -2.57. The summed E-state index contributed by atoms with van der Waals surface area (Å²) in [7, 11) is 0. The van der Waals surface area contributed by atoms with E-state index < -0.39 is 0 Å². The second-order valence-electron chi connectivity index (χ2n) is 12.0. The van der Waals surface area contributed by atoms with Crippen LogP contribution in [0.4, 0.5) is 0 Å². The zero-order valence-corrected chi connectivity index (χ0v) is 23.3. The lowest BCUT2D eigenvalue weighted by molar-refractivity contribution is -0.142. The Morgan fingerprint density at radius 3 is 2.57 bits per heavy atom. The SMILES string of the molecule is C=C(CC)N1CC2CCCN(C(=O)C3CCC3)C2C1.Cc1csnc1C(=O)NN1CN2CCC23CCC13. The number of fused-ring (bicyclic) bond motifs is 1. The van der Waals surface area contributed by atoms with Crippen molar-refractivity contribution in [3.05, 3.63) is 28.9 Å². The molecule has 5 heterocycles. The number of piperidine rings is 1. The fraction of sp³-hybridized carbons (Fsp3) is 0.750. The van der Waals surface area contributed by atoms with Crippen molar-refractivity contribution in [2.24, 2.45) is 11.8 Å². The third kappa shape index (κ3) is 4.31. The van der Waals surface area contributed by atoms with Gasteiger partial charge in [0.2, 0.25) is 5.91 Å². The van der Waals surface area contributed by atoms with Crippen molar-refractivity contribution < 1.29 is 9.59 Å². The minimum absolute atomic E-state index is 0.0571. The topological polar surface area (TPSA) is 72.0 Å². The number of hydrazine groups is 1. The Balaban J connectivity index is 0.000000136. The van der Waals surface area contributed by atoms with Crippen molar-refractivity contribution in [2.45, 2.75) is 89.3 Å². The number of hydrogen-bond acceptors (Lipinski definition) is 7. The molecule has 4 saturated heterocycles. The Labute approximate surface area is 225 Å². The zero-order chi connectivity index (χ0) is 25.7. The largest absolute Gasteiger partial charge is 0.373 e. The van der Waals surface area contributed by atoms with Crippen LogP contribution in [0, 0.1) is 18.8 Å². The van der Waals surface area contributed by atoms with Gasteiger partial charge >= 0.3 is 0 Å². The molecule has 2 aliphatic carbocycles. The Morgan fingerprint density at radius 2 is 2.00 bits per heavy atom. The van der Waals surface area contributed by atoms with Crippen molar-refractivity contribution in [1.82, 2.24) is 29.5 Å². The summed E-state index contributed by atoms with van der Waals surface area (Å²) in [6.45, 7) is 13.5. The number of amides is 2. The van der Waals surface area contributed by atoms with E-state index in [-0.39, 0.29) is 5.91 Å². The van der Waals surface area contributed by atoms with Crippen LogP contribution in [0.25, 0.3) is 0 Å². The first-order valence-electron chi connectivity index (χ1n) is 14.4. The summed E-state index contributed by atoms with van der Waals surface area (Å²) in [5.74, 6) is 1.42. The quantitative estimate of drug-likeness (QED) is 0.632. The summed E-state index contributed by atoms with van der Waals surface area (Å²) < 4.78 is 4.16. The van der Waals surface area contributed by atoms with Gasteiger partial charge in [0.25, 0.3) is 5.91 Å². The van der Waals surface area contributed by atoms with Gasteiger partial charge in [-0.1, -0.05) is 19.9 Å². The van der Waals surface area contributed by atoms with E-state index in [1.54, 1.807) is 0 Å². The Morgan fingerprint density at radius 1 is 1.16 bits per heavy atom. The highest BCUT2D eigenvalue weighted by Crippen LogP contribution is 2.53. The molecule has 7 rings (SSSR count). The molecule has 1 aromatic rings. The van der Waals surface area contributed by atoms with Gasteiger partial charge in [-0.15, -0.1) is 0 Å². The monoisotopic (exact) mass is 526 g/mol. The predicted molar refractivity (Wildman–Crippen MR) is 145 cm³/mol. The van der Waals surface area contributed by atoms with Crippen molar-refractivity contribution in [2.75, 3.05) is 32.8 Å². The van der Waals surface area contributed by atoms with E-state index in [0.29, 0.717) is 41.1 Å². The van der Waals surface area contributed by atoms with Crippen molar-refractivity contribution in [1.29, 1.82) is 0 Å². The second-order valence-corrected chi connectivity index (χ2v) is 12.7. The van der Waals surface area contributed by atoms with Gasteiger partial charge in [0.15, 0.2) is 0 Å². The van der Waals surface area contributed by atoms with Crippen LogP contribution in [0.3, 0.4) is 0 Å². The molecule has 2 amide bonds. The van der Waals surface area contributed by atoms with Gasteiger partial charge in [-0.05, 0) is 81.3 Å². The normalized spacial score (nSPS) is 32.6. The zero-order valence-electron chi connectivity index (χ0n) is 22.5. The van der Waals surface area contributed by atoms with Crippen LogP contribution in [0.15, 0.2) is 17.7 Å². The molecule has 4 unspecified atom stereocenters. The molecule has 4 atom stereocenters. The Kier molecular flexibility index (Phi) is 6.82. The highest BCUT2D eigenvalue weighted by molar-refractivity contribution is 7.03. The summed E-state index contributed by atoms with van der Waals surface area (Å²) in [5, 5.41) is 4.04. The molecule has 9 heteroatoms. The van der Waals surface area contributed by atoms with E-state index in [4.69, 9.17) is 0 Å². The third-order valence-electron chi connectivity index (χ3n) is 10.2. The summed E-state index contributed by atoms with van der Waals surface area (Å²) in [6, 6.07) is 0.985. The first kappa shape index (κ1) is 25.3. The molecule has 8 nitrogen and oxygen atoms in total. The van der Waals surface area contributed by atoms with E-state index >= 15 is 0 Å². The number of aromatic nitrogens is 1. The molecule has 2 saturated carbocycles. The summed E-state index contributed by atoms with van der Waals surface area (Å²) in [6.07, 6.45) is 10.8. The minimum atomic E-state index is -0.0571. The molecular weight excluding hydrogens is 484 g/mol. The van der Waals surface area contributed by atoms with Gasteiger partial charge in [-0.3, -0.25) is 19.9 Å². The number of carbonyl (C=O) groups excluding carboxylic acids is 2. The molecule has 202 valence electrons. The van der Waals surface area contributed by atoms with Gasteiger partial charge < -0.3 is 9.80 Å². The predicted octanol–water partition coefficient (Wildman–Crippen LogP) is 3.61. The number of nitrogens with zero attached hydrogens (tertiary/aromatic N) is 5. The number of rotatable bonds is 5. The summed E-state index contributed by atoms with van der Waals surface area (Å²) >= 11 is 1.34. The van der Waals surface area contributed by atoms with E-state index in [1.807, 2.05) is 12.3 Å². The van der Waals surface area contributed by atoms with E-state index in [0.717, 1.165) is 51.1 Å². The molecule has 0 bridgehead atoms. The van der Waals surface area contributed by atoms with Gasteiger partial charge in [0, 0.05) is 54.8 Å². The molecule has 1 N–H and O–H groups in total. The average Bonchev–Trinajstić information content (AvgIpc) is 3.48. The number of allylic oxidation sites excluding steroid dienone is 1. The third-order valence-corrected chi connectivity index (χ3v) is 10.9. The molecule has 1 aromatic heterocycles. The van der Waals surface area contributed by atoms with Crippen molar-refractivity contribution in [3.63, 3.8) is 0 Å². The van der Waals surface area contributed by atoms with Crippen LogP contribution in [0.5, 0.6) is 0 Å². The number of likely N-dealkylation sites (tertiary alicyclic amines) is 2. The Bertz CT molecular complexity index is 1050. The maximum atomic E-state index is 12.6. The fourth-order valence-electron chi connectivity index (χ4n) is 7.39. The highest BCUT2D eigenvalue weighted by Gasteiger charge is 2.63. The summed E-state index contributed by atoms with van der Waals surface area (Å²) in [4.78, 5) is 31.9. The lowest BCUT2D eigenvalue weighted by Crippen LogP contribution is -2.67. The smallest absolute Gasteiger partial charge is 0.285 e. The van der Waals surface area contributed by atoms with Crippen molar-refractivity contribution in [3.8, 4) is 0 Å². The standard InChI is InChI=1S/C16H26N2O.C12H16N4OS/c1-3-12(2)17-10-14-8-5-9-18(15(14)11-17)16(19)13-6-4-7-13;1-8-6-18-14-10(8)11(17)13-16-7-15-5-4-12(15)3-2-9(12)16/h13-15H,2-11H2,1H3;6,9H,2-5,7H2,1H3,(H,13,17). The van der Waals surface area contributed by atoms with Gasteiger partial charge in [0.1, 0.15) is 5.69 Å². The molecule has 6 aliphatic rings. The number of nitrogens with one attached hydrogen (secondary N) is 1. The number of hydrogen-bond donors (Lipinski definition) is 1. The van der Waals surface area contributed by atoms with Crippen LogP contribution in [-0.4, -0.2) is 86.4 Å². The van der Waals surface area contributed by atoms with E-state index in [1.165, 1.54) is 62.3 Å². The molecule has 37 heavy (non-hydrogen) atoms. The van der Waals surface area contributed by atoms with Crippen LogP contribution in [0.1, 0.15) is 80.8 Å². The van der Waals surface area contributed by atoms with Crippen LogP contribution in [-0.2, 0) is 4.79 Å². The molecule has 1 spiro atoms.